The number of hydrogen-bond acceptors (Lipinski definition) is 4. The molecule has 1 aliphatic rings. The van der Waals surface area contributed by atoms with E-state index >= 15 is 0 Å². The number of nitrogens with two attached hydrogens (primary N) is 1. The quantitative estimate of drug-likeness (QED) is 0.824. The van der Waals surface area contributed by atoms with Crippen LogP contribution >= 0.6 is 0 Å². The van der Waals surface area contributed by atoms with E-state index in [1.807, 2.05) is 9.47 Å². The van der Waals surface area contributed by atoms with Crippen molar-refractivity contribution in [3.05, 3.63) is 12.2 Å². The molecule has 1 aromatic heterocycles. The van der Waals surface area contributed by atoms with Crippen LogP contribution in [0, 0.1) is 5.92 Å². The van der Waals surface area contributed by atoms with Gasteiger partial charge in [-0.3, -0.25) is 4.79 Å². The summed E-state index contributed by atoms with van der Waals surface area (Å²) < 4.78 is 2.01. The van der Waals surface area contributed by atoms with Crippen LogP contribution < -0.4 is 5.73 Å². The van der Waals surface area contributed by atoms with Crippen LogP contribution in [0.3, 0.4) is 0 Å². The zero-order valence-corrected chi connectivity index (χ0v) is 11.6. The highest BCUT2D eigenvalue weighted by Gasteiger charge is 2.22. The minimum Gasteiger partial charge on any atom is -0.333 e. The van der Waals surface area contributed by atoms with Gasteiger partial charge in [-0.2, -0.15) is 0 Å². The average Bonchev–Trinajstić information content (AvgIpc) is 2.90. The molecule has 0 saturated heterocycles. The van der Waals surface area contributed by atoms with Crippen molar-refractivity contribution in [1.29, 1.82) is 0 Å². The molecular formula is C13H23N5O. The highest BCUT2D eigenvalue weighted by Crippen LogP contribution is 2.17. The van der Waals surface area contributed by atoms with Crippen LogP contribution in [0.15, 0.2) is 6.33 Å². The van der Waals surface area contributed by atoms with Crippen LogP contribution in [0.1, 0.15) is 38.4 Å². The van der Waals surface area contributed by atoms with Crippen LogP contribution in [0.2, 0.25) is 0 Å². The third-order valence-corrected chi connectivity index (χ3v) is 3.91. The first-order valence-corrected chi connectivity index (χ1v) is 7.09. The van der Waals surface area contributed by atoms with Crippen molar-refractivity contribution in [2.45, 2.75) is 45.7 Å². The van der Waals surface area contributed by atoms with E-state index in [1.54, 1.807) is 6.33 Å². The van der Waals surface area contributed by atoms with Gasteiger partial charge in [0, 0.05) is 19.5 Å². The lowest BCUT2D eigenvalue weighted by Gasteiger charge is -2.27. The molecule has 0 bridgehead atoms. The molecule has 0 aliphatic carbocycles. The molecule has 1 amide bonds. The summed E-state index contributed by atoms with van der Waals surface area (Å²) in [5.74, 6) is 1.68. The Morgan fingerprint density at radius 3 is 3.05 bits per heavy atom. The maximum atomic E-state index is 12.2. The predicted octanol–water partition coefficient (Wildman–Crippen LogP) is 0.776. The Bertz CT molecular complexity index is 417. The molecule has 0 radical (unpaired) electrons. The number of hydrogen-bond donors (Lipinski definition) is 1. The standard InChI is InChI=1S/C13H23N5O/c1-2-11(5-6-14)3-4-13(19)17-7-8-18-10-15-16-12(18)9-17/h10-11H,2-9,14H2,1H3. The third-order valence-electron chi connectivity index (χ3n) is 3.91. The van der Waals surface area contributed by atoms with Crippen molar-refractivity contribution in [3.63, 3.8) is 0 Å². The Hall–Kier alpha value is -1.43. The van der Waals surface area contributed by atoms with Gasteiger partial charge in [0.05, 0.1) is 6.54 Å². The molecule has 2 heterocycles. The molecule has 19 heavy (non-hydrogen) atoms. The topological polar surface area (TPSA) is 77.0 Å². The van der Waals surface area contributed by atoms with Gasteiger partial charge in [0.1, 0.15) is 6.33 Å². The molecule has 1 unspecified atom stereocenters. The molecule has 1 aliphatic heterocycles. The highest BCUT2D eigenvalue weighted by atomic mass is 16.2. The molecule has 1 atom stereocenters. The molecule has 6 heteroatoms. The molecule has 0 fully saturated rings. The Morgan fingerprint density at radius 2 is 2.32 bits per heavy atom. The number of amides is 1. The van der Waals surface area contributed by atoms with Crippen molar-refractivity contribution >= 4 is 5.91 Å². The highest BCUT2D eigenvalue weighted by molar-refractivity contribution is 5.76. The Labute approximate surface area is 114 Å². The zero-order valence-electron chi connectivity index (χ0n) is 11.6. The van der Waals surface area contributed by atoms with Gasteiger partial charge in [-0.1, -0.05) is 13.3 Å². The van der Waals surface area contributed by atoms with Gasteiger partial charge < -0.3 is 15.2 Å². The maximum absolute atomic E-state index is 12.2. The van der Waals surface area contributed by atoms with Gasteiger partial charge in [-0.05, 0) is 25.3 Å². The van der Waals surface area contributed by atoms with E-state index in [0.29, 0.717) is 25.4 Å². The zero-order chi connectivity index (χ0) is 13.7. The van der Waals surface area contributed by atoms with Crippen molar-refractivity contribution in [1.82, 2.24) is 19.7 Å². The van der Waals surface area contributed by atoms with E-state index in [9.17, 15) is 4.79 Å². The predicted molar refractivity (Wildman–Crippen MR) is 72.1 cm³/mol. The minimum atomic E-state index is 0.227. The van der Waals surface area contributed by atoms with Gasteiger partial charge in [-0.15, -0.1) is 10.2 Å². The van der Waals surface area contributed by atoms with Gasteiger partial charge in [0.15, 0.2) is 5.82 Å². The van der Waals surface area contributed by atoms with Crippen LogP contribution in [0.5, 0.6) is 0 Å². The van der Waals surface area contributed by atoms with Crippen molar-refractivity contribution in [2.24, 2.45) is 11.7 Å². The summed E-state index contributed by atoms with van der Waals surface area (Å²) in [6.07, 6.45) is 5.39. The molecule has 0 aromatic carbocycles. The lowest BCUT2D eigenvalue weighted by atomic mass is 9.96. The van der Waals surface area contributed by atoms with Crippen molar-refractivity contribution in [2.75, 3.05) is 13.1 Å². The van der Waals surface area contributed by atoms with E-state index in [4.69, 9.17) is 5.73 Å². The summed E-state index contributed by atoms with van der Waals surface area (Å²) in [6.45, 7) is 5.02. The summed E-state index contributed by atoms with van der Waals surface area (Å²) in [4.78, 5) is 14.1. The second kappa shape index (κ2) is 6.65. The minimum absolute atomic E-state index is 0.227. The van der Waals surface area contributed by atoms with Crippen LogP contribution in [-0.2, 0) is 17.9 Å². The largest absolute Gasteiger partial charge is 0.333 e. The normalized spacial score (nSPS) is 16.2. The summed E-state index contributed by atoms with van der Waals surface area (Å²) in [6, 6.07) is 0. The fourth-order valence-electron chi connectivity index (χ4n) is 2.55. The monoisotopic (exact) mass is 265 g/mol. The summed E-state index contributed by atoms with van der Waals surface area (Å²) in [7, 11) is 0. The molecule has 0 spiro atoms. The number of carbonyl (C=O) groups excluding carboxylic acids is 1. The fourth-order valence-corrected chi connectivity index (χ4v) is 2.55. The second-order valence-corrected chi connectivity index (χ2v) is 5.15. The molecular weight excluding hydrogens is 242 g/mol. The lowest BCUT2D eigenvalue weighted by Crippen LogP contribution is -2.38. The van der Waals surface area contributed by atoms with E-state index in [1.165, 1.54) is 0 Å². The summed E-state index contributed by atoms with van der Waals surface area (Å²) in [5, 5.41) is 7.90. The van der Waals surface area contributed by atoms with Gasteiger partial charge in [0.2, 0.25) is 5.91 Å². The summed E-state index contributed by atoms with van der Waals surface area (Å²) >= 11 is 0. The van der Waals surface area contributed by atoms with E-state index in [2.05, 4.69) is 17.1 Å². The van der Waals surface area contributed by atoms with Crippen LogP contribution in [0.25, 0.3) is 0 Å². The lowest BCUT2D eigenvalue weighted by molar-refractivity contribution is -0.133. The number of fused-ring (bicyclic) bond motifs is 1. The maximum Gasteiger partial charge on any atom is 0.223 e. The Kier molecular flexibility index (Phi) is 4.90. The number of rotatable bonds is 6. The van der Waals surface area contributed by atoms with Crippen molar-refractivity contribution < 1.29 is 4.79 Å². The van der Waals surface area contributed by atoms with Gasteiger partial charge in [-0.25, -0.2) is 0 Å². The third kappa shape index (κ3) is 3.53. The smallest absolute Gasteiger partial charge is 0.223 e. The molecule has 106 valence electrons. The van der Waals surface area contributed by atoms with E-state index in [-0.39, 0.29) is 5.91 Å². The first-order valence-electron chi connectivity index (χ1n) is 7.09. The van der Waals surface area contributed by atoms with E-state index < -0.39 is 0 Å². The average molecular weight is 265 g/mol. The summed E-state index contributed by atoms with van der Waals surface area (Å²) in [5.41, 5.74) is 5.58. The first kappa shape index (κ1) is 14.0. The fraction of sp³-hybridized carbons (Fsp3) is 0.769. The Balaban J connectivity index is 1.81. The SMILES string of the molecule is CCC(CCN)CCC(=O)N1CCn2cnnc2C1. The molecule has 1 aromatic rings. The molecule has 2 rings (SSSR count). The Morgan fingerprint density at radius 1 is 1.47 bits per heavy atom. The van der Waals surface area contributed by atoms with Gasteiger partial charge in [0.25, 0.3) is 0 Å². The molecule has 2 N–H and O–H groups in total. The number of aromatic nitrogens is 3. The van der Waals surface area contributed by atoms with Crippen LogP contribution in [-0.4, -0.2) is 38.7 Å². The van der Waals surface area contributed by atoms with Crippen LogP contribution in [0.4, 0.5) is 0 Å². The van der Waals surface area contributed by atoms with Gasteiger partial charge >= 0.3 is 0 Å². The van der Waals surface area contributed by atoms with Crippen molar-refractivity contribution in [3.8, 4) is 0 Å². The molecule has 0 saturated carbocycles. The number of nitrogens with zero attached hydrogens (tertiary/aromatic N) is 4. The van der Waals surface area contributed by atoms with E-state index in [0.717, 1.165) is 38.2 Å². The second-order valence-electron chi connectivity index (χ2n) is 5.15. The number of carbonyl (C=O) groups is 1. The first-order chi connectivity index (χ1) is 9.24. The molecule has 6 nitrogen and oxygen atoms in total.